The molecular formula is C11H17NO. The van der Waals surface area contributed by atoms with Crippen LogP contribution in [-0.2, 0) is 0 Å². The van der Waals surface area contributed by atoms with Gasteiger partial charge in [-0.1, -0.05) is 6.92 Å². The lowest BCUT2D eigenvalue weighted by molar-refractivity contribution is -0.114. The maximum absolute atomic E-state index is 10.3. The molecule has 1 N–H and O–H groups in total. The van der Waals surface area contributed by atoms with Crippen LogP contribution in [-0.4, -0.2) is 10.7 Å². The van der Waals surface area contributed by atoms with Crippen LogP contribution in [0, 0.1) is 22.7 Å². The molecule has 2 atom stereocenters. The SMILES string of the molecule is CC1CCC(C#N)(C2(O)CCC2)C1. The van der Waals surface area contributed by atoms with Crippen LogP contribution in [0.5, 0.6) is 0 Å². The van der Waals surface area contributed by atoms with E-state index in [1.807, 2.05) is 0 Å². The van der Waals surface area contributed by atoms with Crippen molar-refractivity contribution in [2.45, 2.75) is 51.0 Å². The van der Waals surface area contributed by atoms with E-state index in [1.165, 1.54) is 0 Å². The van der Waals surface area contributed by atoms with E-state index in [-0.39, 0.29) is 0 Å². The van der Waals surface area contributed by atoms with Crippen molar-refractivity contribution in [3.63, 3.8) is 0 Å². The maximum Gasteiger partial charge on any atom is 0.0862 e. The van der Waals surface area contributed by atoms with Crippen molar-refractivity contribution in [2.75, 3.05) is 0 Å². The first-order valence-electron chi connectivity index (χ1n) is 5.26. The number of nitrogens with zero attached hydrogens (tertiary/aromatic N) is 1. The molecule has 2 heteroatoms. The standard InChI is InChI=1S/C11H17NO/c1-9-3-6-10(7-9,8-12)11(13)4-2-5-11/h9,13H,2-7H2,1H3. The zero-order chi connectivity index (χ0) is 9.53. The lowest BCUT2D eigenvalue weighted by atomic mass is 9.61. The second-order valence-corrected chi connectivity index (χ2v) is 4.93. The number of aliphatic hydroxyl groups is 1. The van der Waals surface area contributed by atoms with Gasteiger partial charge in [-0.15, -0.1) is 0 Å². The molecule has 0 aromatic rings. The van der Waals surface area contributed by atoms with Gasteiger partial charge >= 0.3 is 0 Å². The van der Waals surface area contributed by atoms with Gasteiger partial charge in [0, 0.05) is 0 Å². The molecule has 13 heavy (non-hydrogen) atoms. The third-order valence-corrected chi connectivity index (χ3v) is 4.05. The van der Waals surface area contributed by atoms with Gasteiger partial charge in [-0.2, -0.15) is 5.26 Å². The monoisotopic (exact) mass is 179 g/mol. The fraction of sp³-hybridized carbons (Fsp3) is 0.909. The van der Waals surface area contributed by atoms with Gasteiger partial charge in [0.1, 0.15) is 0 Å². The molecule has 0 aliphatic heterocycles. The molecule has 0 aromatic carbocycles. The van der Waals surface area contributed by atoms with E-state index in [1.54, 1.807) is 0 Å². The normalized spacial score (nSPS) is 42.4. The Morgan fingerprint density at radius 2 is 2.08 bits per heavy atom. The van der Waals surface area contributed by atoms with Crippen molar-refractivity contribution >= 4 is 0 Å². The Bertz CT molecular complexity index is 251. The summed E-state index contributed by atoms with van der Waals surface area (Å²) in [5, 5.41) is 19.5. The van der Waals surface area contributed by atoms with Crippen molar-refractivity contribution in [3.8, 4) is 6.07 Å². The summed E-state index contributed by atoms with van der Waals surface area (Å²) in [6.07, 6.45) is 5.69. The highest BCUT2D eigenvalue weighted by molar-refractivity contribution is 5.17. The van der Waals surface area contributed by atoms with Gasteiger partial charge in [0.25, 0.3) is 0 Å². The van der Waals surface area contributed by atoms with Crippen LogP contribution in [0.4, 0.5) is 0 Å². The second-order valence-electron chi connectivity index (χ2n) is 4.93. The molecule has 2 aliphatic rings. The largest absolute Gasteiger partial charge is 0.388 e. The van der Waals surface area contributed by atoms with Gasteiger partial charge in [-0.05, 0) is 44.4 Å². The third-order valence-electron chi connectivity index (χ3n) is 4.05. The quantitative estimate of drug-likeness (QED) is 0.670. The van der Waals surface area contributed by atoms with Crippen LogP contribution in [0.2, 0.25) is 0 Å². The van der Waals surface area contributed by atoms with Crippen molar-refractivity contribution in [2.24, 2.45) is 11.3 Å². The second kappa shape index (κ2) is 2.72. The van der Waals surface area contributed by atoms with Crippen LogP contribution in [0.15, 0.2) is 0 Å². The average Bonchev–Trinajstić information content (AvgIpc) is 2.44. The third kappa shape index (κ3) is 1.10. The Labute approximate surface area is 79.6 Å². The minimum atomic E-state index is -0.632. The maximum atomic E-state index is 10.3. The summed E-state index contributed by atoms with van der Waals surface area (Å²) < 4.78 is 0. The van der Waals surface area contributed by atoms with E-state index in [2.05, 4.69) is 13.0 Å². The minimum Gasteiger partial charge on any atom is -0.388 e. The molecule has 0 bridgehead atoms. The Hall–Kier alpha value is -0.550. The Morgan fingerprint density at radius 3 is 2.38 bits per heavy atom. The molecule has 0 spiro atoms. The summed E-state index contributed by atoms with van der Waals surface area (Å²) in [5.41, 5.74) is -1.03. The van der Waals surface area contributed by atoms with E-state index in [0.29, 0.717) is 5.92 Å². The number of rotatable bonds is 1. The summed E-state index contributed by atoms with van der Waals surface area (Å²) in [6.45, 7) is 2.18. The number of hydrogen-bond donors (Lipinski definition) is 1. The highest BCUT2D eigenvalue weighted by Gasteiger charge is 2.56. The zero-order valence-electron chi connectivity index (χ0n) is 8.21. The Balaban J connectivity index is 2.22. The Morgan fingerprint density at radius 1 is 1.38 bits per heavy atom. The topological polar surface area (TPSA) is 44.0 Å². The summed E-state index contributed by atoms with van der Waals surface area (Å²) in [6, 6.07) is 2.40. The van der Waals surface area contributed by atoms with Crippen LogP contribution >= 0.6 is 0 Å². The average molecular weight is 179 g/mol. The van der Waals surface area contributed by atoms with Crippen molar-refractivity contribution in [1.82, 2.24) is 0 Å². The molecule has 0 radical (unpaired) electrons. The molecule has 2 nitrogen and oxygen atoms in total. The number of hydrogen-bond acceptors (Lipinski definition) is 2. The van der Waals surface area contributed by atoms with Crippen molar-refractivity contribution in [3.05, 3.63) is 0 Å². The smallest absolute Gasteiger partial charge is 0.0862 e. The first kappa shape index (κ1) is 9.02. The molecule has 2 rings (SSSR count). The summed E-state index contributed by atoms with van der Waals surface area (Å²) >= 11 is 0. The molecule has 2 unspecified atom stereocenters. The predicted octanol–water partition coefficient (Wildman–Crippen LogP) is 2.23. The predicted molar refractivity (Wildman–Crippen MR) is 49.9 cm³/mol. The van der Waals surface area contributed by atoms with Crippen LogP contribution < -0.4 is 0 Å². The molecule has 0 amide bonds. The molecule has 2 saturated carbocycles. The lowest BCUT2D eigenvalue weighted by Crippen LogP contribution is -2.51. The van der Waals surface area contributed by atoms with Gasteiger partial charge < -0.3 is 5.11 Å². The summed E-state index contributed by atoms with van der Waals surface area (Å²) in [7, 11) is 0. The molecule has 2 aliphatic carbocycles. The van der Waals surface area contributed by atoms with Crippen LogP contribution in [0.25, 0.3) is 0 Å². The summed E-state index contributed by atoms with van der Waals surface area (Å²) in [4.78, 5) is 0. The van der Waals surface area contributed by atoms with E-state index in [0.717, 1.165) is 38.5 Å². The van der Waals surface area contributed by atoms with Crippen molar-refractivity contribution < 1.29 is 5.11 Å². The van der Waals surface area contributed by atoms with Gasteiger partial charge in [0.05, 0.1) is 17.1 Å². The molecule has 2 fully saturated rings. The van der Waals surface area contributed by atoms with E-state index >= 15 is 0 Å². The lowest BCUT2D eigenvalue weighted by Gasteiger charge is -2.47. The van der Waals surface area contributed by atoms with Gasteiger partial charge in [0.15, 0.2) is 0 Å². The molecule has 0 heterocycles. The highest BCUT2D eigenvalue weighted by atomic mass is 16.3. The first-order valence-corrected chi connectivity index (χ1v) is 5.26. The molecule has 0 saturated heterocycles. The summed E-state index contributed by atoms with van der Waals surface area (Å²) in [5.74, 6) is 0.615. The van der Waals surface area contributed by atoms with E-state index in [9.17, 15) is 10.4 Å². The van der Waals surface area contributed by atoms with Gasteiger partial charge in [0.2, 0.25) is 0 Å². The van der Waals surface area contributed by atoms with E-state index in [4.69, 9.17) is 0 Å². The molecular weight excluding hydrogens is 162 g/mol. The van der Waals surface area contributed by atoms with Gasteiger partial charge in [-0.25, -0.2) is 0 Å². The van der Waals surface area contributed by atoms with Crippen LogP contribution in [0.1, 0.15) is 45.4 Å². The fourth-order valence-corrected chi connectivity index (χ4v) is 2.91. The van der Waals surface area contributed by atoms with E-state index < -0.39 is 11.0 Å². The highest BCUT2D eigenvalue weighted by Crippen LogP contribution is 2.55. The minimum absolute atomic E-state index is 0.398. The van der Waals surface area contributed by atoms with Crippen molar-refractivity contribution in [1.29, 1.82) is 5.26 Å². The zero-order valence-corrected chi connectivity index (χ0v) is 8.21. The molecule has 72 valence electrons. The fourth-order valence-electron chi connectivity index (χ4n) is 2.91. The first-order chi connectivity index (χ1) is 6.12. The molecule has 0 aromatic heterocycles. The number of nitriles is 1. The Kier molecular flexibility index (Phi) is 1.89. The van der Waals surface area contributed by atoms with Crippen LogP contribution in [0.3, 0.4) is 0 Å². The van der Waals surface area contributed by atoms with Gasteiger partial charge in [-0.3, -0.25) is 0 Å².